The Labute approximate surface area is 102 Å². The molecule has 2 atom stereocenters. The lowest BCUT2D eigenvalue weighted by Gasteiger charge is -2.15. The van der Waals surface area contributed by atoms with Gasteiger partial charge in [-0.25, -0.2) is 0 Å². The van der Waals surface area contributed by atoms with Crippen molar-refractivity contribution in [3.63, 3.8) is 0 Å². The number of carbonyl (C=O) groups is 4. The zero-order valence-corrected chi connectivity index (χ0v) is 9.67. The molecule has 0 aromatic carbocycles. The Hall–Kier alpha value is -2.16. The van der Waals surface area contributed by atoms with Gasteiger partial charge in [0.25, 0.3) is 0 Å². The zero-order valence-electron chi connectivity index (χ0n) is 9.67. The second-order valence-electron chi connectivity index (χ2n) is 3.55. The van der Waals surface area contributed by atoms with E-state index in [1.165, 1.54) is 6.92 Å². The van der Waals surface area contributed by atoms with Crippen LogP contribution >= 0.6 is 0 Å². The summed E-state index contributed by atoms with van der Waals surface area (Å²) in [7, 11) is 0. The Morgan fingerprint density at radius 3 is 2.11 bits per heavy atom. The topological polar surface area (TPSA) is 159 Å². The maximum atomic E-state index is 11.3. The molecule has 2 unspecified atom stereocenters. The normalized spacial score (nSPS) is 13.2. The summed E-state index contributed by atoms with van der Waals surface area (Å²) < 4.78 is 0. The first kappa shape index (κ1) is 15.8. The third-order valence-electron chi connectivity index (χ3n) is 1.90. The second-order valence-corrected chi connectivity index (χ2v) is 3.55. The lowest BCUT2D eigenvalue weighted by atomic mass is 10.2. The number of hydrogen-bond acceptors (Lipinski definition) is 5. The van der Waals surface area contributed by atoms with E-state index < -0.39 is 48.8 Å². The maximum absolute atomic E-state index is 11.3. The fourth-order valence-electron chi connectivity index (χ4n) is 0.983. The van der Waals surface area contributed by atoms with Crippen molar-refractivity contribution in [3.05, 3.63) is 0 Å². The summed E-state index contributed by atoms with van der Waals surface area (Å²) >= 11 is 0. The third kappa shape index (κ3) is 6.43. The minimum Gasteiger partial charge on any atom is -0.481 e. The van der Waals surface area contributed by atoms with Crippen LogP contribution in [0.3, 0.4) is 0 Å². The number of carboxylic acids is 2. The lowest BCUT2D eigenvalue weighted by molar-refractivity contribution is -0.140. The highest BCUT2D eigenvalue weighted by molar-refractivity contribution is 5.92. The first-order chi connectivity index (χ1) is 8.23. The summed E-state index contributed by atoms with van der Waals surface area (Å²) in [4.78, 5) is 43.1. The molecule has 0 radical (unpaired) electrons. The standard InChI is InChI=1S/C9H15N3O6/c1-4(8(17)11-3-7(15)16)12-9(18)5(10)2-6(13)14/h4-5H,2-3,10H2,1H3,(H,11,17)(H,12,18)(H,13,14)(H,15,16). The number of aliphatic carboxylic acids is 2. The predicted octanol–water partition coefficient (Wildman–Crippen LogP) is -2.51. The fraction of sp³-hybridized carbons (Fsp3) is 0.556. The Balaban J connectivity index is 4.17. The monoisotopic (exact) mass is 261 g/mol. The first-order valence-electron chi connectivity index (χ1n) is 5.01. The minimum atomic E-state index is -1.27. The van der Waals surface area contributed by atoms with Gasteiger partial charge >= 0.3 is 11.9 Å². The Morgan fingerprint density at radius 1 is 1.11 bits per heavy atom. The molecule has 9 nitrogen and oxygen atoms in total. The van der Waals surface area contributed by atoms with Crippen LogP contribution in [-0.2, 0) is 19.2 Å². The van der Waals surface area contributed by atoms with Gasteiger partial charge in [0.2, 0.25) is 11.8 Å². The van der Waals surface area contributed by atoms with E-state index >= 15 is 0 Å². The molecule has 0 heterocycles. The van der Waals surface area contributed by atoms with Crippen molar-refractivity contribution in [2.24, 2.45) is 5.73 Å². The van der Waals surface area contributed by atoms with E-state index in [4.69, 9.17) is 15.9 Å². The summed E-state index contributed by atoms with van der Waals surface area (Å²) in [5.41, 5.74) is 5.27. The lowest BCUT2D eigenvalue weighted by Crippen LogP contribution is -2.51. The Bertz CT molecular complexity index is 356. The molecule has 0 aliphatic heterocycles. The molecule has 18 heavy (non-hydrogen) atoms. The predicted molar refractivity (Wildman–Crippen MR) is 58.5 cm³/mol. The maximum Gasteiger partial charge on any atom is 0.322 e. The van der Waals surface area contributed by atoms with Gasteiger partial charge in [-0.3, -0.25) is 19.2 Å². The van der Waals surface area contributed by atoms with Crippen molar-refractivity contribution >= 4 is 23.8 Å². The second kappa shape index (κ2) is 7.22. The van der Waals surface area contributed by atoms with Crippen molar-refractivity contribution in [1.82, 2.24) is 10.6 Å². The average molecular weight is 261 g/mol. The highest BCUT2D eigenvalue weighted by Crippen LogP contribution is 1.91. The van der Waals surface area contributed by atoms with Crippen molar-refractivity contribution in [1.29, 1.82) is 0 Å². The molecule has 0 fully saturated rings. The SMILES string of the molecule is CC(NC(=O)C(N)CC(=O)O)C(=O)NCC(=O)O. The van der Waals surface area contributed by atoms with Gasteiger partial charge in [0, 0.05) is 0 Å². The van der Waals surface area contributed by atoms with Gasteiger partial charge in [-0.05, 0) is 6.92 Å². The van der Waals surface area contributed by atoms with Crippen LogP contribution in [0.4, 0.5) is 0 Å². The molecule has 9 heteroatoms. The number of rotatable bonds is 7. The molecule has 0 aliphatic rings. The number of carbonyl (C=O) groups excluding carboxylic acids is 2. The molecule has 0 bridgehead atoms. The van der Waals surface area contributed by atoms with Gasteiger partial charge in [-0.15, -0.1) is 0 Å². The molecule has 0 spiro atoms. The van der Waals surface area contributed by atoms with Crippen LogP contribution < -0.4 is 16.4 Å². The third-order valence-corrected chi connectivity index (χ3v) is 1.90. The van der Waals surface area contributed by atoms with Gasteiger partial charge in [-0.2, -0.15) is 0 Å². The van der Waals surface area contributed by atoms with Crippen molar-refractivity contribution in [2.45, 2.75) is 25.4 Å². The van der Waals surface area contributed by atoms with E-state index in [0.717, 1.165) is 0 Å². The number of nitrogens with two attached hydrogens (primary N) is 1. The molecule has 0 rings (SSSR count). The van der Waals surface area contributed by atoms with E-state index in [-0.39, 0.29) is 0 Å². The van der Waals surface area contributed by atoms with Crippen molar-refractivity contribution < 1.29 is 29.4 Å². The summed E-state index contributed by atoms with van der Waals surface area (Å²) in [5, 5.41) is 21.0. The molecule has 6 N–H and O–H groups in total. The van der Waals surface area contributed by atoms with E-state index in [1.54, 1.807) is 0 Å². The van der Waals surface area contributed by atoms with Gasteiger partial charge < -0.3 is 26.6 Å². The van der Waals surface area contributed by atoms with Crippen LogP contribution in [0.15, 0.2) is 0 Å². The molecule has 0 saturated carbocycles. The fourth-order valence-corrected chi connectivity index (χ4v) is 0.983. The average Bonchev–Trinajstić information content (AvgIpc) is 2.24. The van der Waals surface area contributed by atoms with Crippen LogP contribution in [0, 0.1) is 0 Å². The number of nitrogens with one attached hydrogen (secondary N) is 2. The zero-order chi connectivity index (χ0) is 14.3. The molecule has 0 saturated heterocycles. The molecule has 102 valence electrons. The van der Waals surface area contributed by atoms with E-state index in [0.29, 0.717) is 0 Å². The number of carboxylic acid groups (broad SMARTS) is 2. The van der Waals surface area contributed by atoms with Crippen LogP contribution in [0.2, 0.25) is 0 Å². The van der Waals surface area contributed by atoms with Gasteiger partial charge in [0.1, 0.15) is 12.6 Å². The highest BCUT2D eigenvalue weighted by atomic mass is 16.4. The van der Waals surface area contributed by atoms with E-state index in [9.17, 15) is 19.2 Å². The molecular weight excluding hydrogens is 246 g/mol. The van der Waals surface area contributed by atoms with Crippen LogP contribution in [0.25, 0.3) is 0 Å². The Kier molecular flexibility index (Phi) is 6.35. The van der Waals surface area contributed by atoms with E-state index in [1.807, 2.05) is 0 Å². The summed E-state index contributed by atoms with van der Waals surface area (Å²) in [6, 6.07) is -2.27. The molecule has 0 aromatic heterocycles. The molecular formula is C9H15N3O6. The quantitative estimate of drug-likeness (QED) is 0.338. The number of amides is 2. The molecule has 0 aliphatic carbocycles. The minimum absolute atomic E-state index is 0.560. The smallest absolute Gasteiger partial charge is 0.322 e. The summed E-state index contributed by atoms with van der Waals surface area (Å²) in [6.07, 6.45) is -0.560. The van der Waals surface area contributed by atoms with Crippen molar-refractivity contribution in [2.75, 3.05) is 6.54 Å². The van der Waals surface area contributed by atoms with Gasteiger partial charge in [0.05, 0.1) is 12.5 Å². The summed E-state index contributed by atoms with van der Waals surface area (Å²) in [5.74, 6) is -3.95. The van der Waals surface area contributed by atoms with Gasteiger partial charge in [-0.1, -0.05) is 0 Å². The number of hydrogen-bond donors (Lipinski definition) is 5. The summed E-state index contributed by atoms with van der Waals surface area (Å²) in [6.45, 7) is 0.753. The Morgan fingerprint density at radius 2 is 1.67 bits per heavy atom. The van der Waals surface area contributed by atoms with Crippen molar-refractivity contribution in [3.8, 4) is 0 Å². The molecule has 0 aromatic rings. The van der Waals surface area contributed by atoms with Crippen LogP contribution in [0.1, 0.15) is 13.3 Å². The molecule has 2 amide bonds. The van der Waals surface area contributed by atoms with Crippen LogP contribution in [0.5, 0.6) is 0 Å². The van der Waals surface area contributed by atoms with Gasteiger partial charge in [0.15, 0.2) is 0 Å². The van der Waals surface area contributed by atoms with Crippen LogP contribution in [-0.4, -0.2) is 52.6 Å². The largest absolute Gasteiger partial charge is 0.481 e. The van der Waals surface area contributed by atoms with E-state index in [2.05, 4.69) is 10.6 Å². The first-order valence-corrected chi connectivity index (χ1v) is 5.01. The highest BCUT2D eigenvalue weighted by Gasteiger charge is 2.21.